The fraction of sp³-hybridized carbons (Fsp3) is 0.111. The summed E-state index contributed by atoms with van der Waals surface area (Å²) in [6, 6.07) is 0. The molecular formula is C18H14Mo2O6. The molecule has 2 rings (SSSR count). The minimum atomic E-state index is 0. The molecule has 0 aromatic heterocycles. The molecule has 0 amide bonds. The Hall–Kier alpha value is -0.183. The summed E-state index contributed by atoms with van der Waals surface area (Å²) in [6.45, 7) is 31.2. The molecule has 2 aliphatic rings. The third kappa shape index (κ3) is 64.9. The quantitative estimate of drug-likeness (QED) is 0.266. The zero-order valence-electron chi connectivity index (χ0n) is 13.9. The van der Waals surface area contributed by atoms with E-state index in [2.05, 4.69) is 79.4 Å². The van der Waals surface area contributed by atoms with Gasteiger partial charge < -0.3 is 0 Å². The molecule has 0 aromatic rings. The van der Waals surface area contributed by atoms with E-state index in [1.807, 2.05) is 25.7 Å². The maximum absolute atomic E-state index is 7.50. The standard InChI is InChI=1S/2C6H7.6CO.2Mo/c2*1-6-4-2-3-5-6;6*1-2;;/h2*2-5H,1H3;;;;;;;;. The fourth-order valence-electron chi connectivity index (χ4n) is 0.940. The Morgan fingerprint density at radius 3 is 0.577 bits per heavy atom. The topological polar surface area (TPSA) is 119 Å². The van der Waals surface area contributed by atoms with Gasteiger partial charge in [0.1, 0.15) is 0 Å². The molecule has 134 valence electrons. The molecule has 8 heteroatoms. The molecular weight excluding hydrogens is 504 g/mol. The maximum atomic E-state index is 7.50. The predicted octanol–water partition coefficient (Wildman–Crippen LogP) is 2.59. The maximum Gasteiger partial charge on any atom is 0 e. The minimum absolute atomic E-state index is 0. The summed E-state index contributed by atoms with van der Waals surface area (Å²) in [5.41, 5.74) is 0. The van der Waals surface area contributed by atoms with Gasteiger partial charge in [0.05, 0.1) is 0 Å². The van der Waals surface area contributed by atoms with Crippen molar-refractivity contribution in [3.8, 4) is 0 Å². The first-order valence-electron chi connectivity index (χ1n) is 5.38. The normalized spacial score (nSPS) is 12.2. The van der Waals surface area contributed by atoms with E-state index < -0.39 is 0 Å². The Morgan fingerprint density at radius 2 is 0.538 bits per heavy atom. The Labute approximate surface area is 186 Å². The predicted molar refractivity (Wildman–Crippen MR) is 75.8 cm³/mol. The van der Waals surface area contributed by atoms with Crippen LogP contribution < -0.4 is 0 Å². The van der Waals surface area contributed by atoms with Gasteiger partial charge in [-0.1, -0.05) is 13.8 Å². The van der Waals surface area contributed by atoms with Crippen molar-refractivity contribution in [3.63, 3.8) is 0 Å². The molecule has 6 nitrogen and oxygen atoms in total. The number of hydrogen-bond donors (Lipinski definition) is 0. The van der Waals surface area contributed by atoms with E-state index in [4.69, 9.17) is 27.9 Å². The SMILES string of the molecule is C[C]1[CH][CH][CH][CH]1.C[C]1[CH][CH][CH][CH]1.[C-]#[O+].[C-]#[O+].[C-]#[O+].[C-]#[O+].[C-]#[O+].[C-]#[O+].[Mo].[Mo]. The van der Waals surface area contributed by atoms with Gasteiger partial charge in [0.2, 0.25) is 0 Å². The first kappa shape index (κ1) is 50.1. The van der Waals surface area contributed by atoms with E-state index in [-0.39, 0.29) is 42.1 Å². The third-order valence-corrected chi connectivity index (χ3v) is 1.66. The smallest absolute Gasteiger partial charge is 0 e. The molecule has 26 heavy (non-hydrogen) atoms. The molecule has 0 aromatic carbocycles. The Bertz CT molecular complexity index is 249. The molecule has 0 heterocycles. The van der Waals surface area contributed by atoms with E-state index in [0.717, 1.165) is 0 Å². The largest absolute Gasteiger partial charge is 0 e. The van der Waals surface area contributed by atoms with Crippen molar-refractivity contribution < 1.29 is 70.0 Å². The Balaban J connectivity index is -0.0000000255. The summed E-state index contributed by atoms with van der Waals surface area (Å²) in [6.07, 6.45) is 16.5. The van der Waals surface area contributed by atoms with Gasteiger partial charge in [-0.05, 0) is 63.2 Å². The molecule has 10 radical (unpaired) electrons. The second-order valence-electron chi connectivity index (χ2n) is 2.92. The number of hydrogen-bond acceptors (Lipinski definition) is 0. The van der Waals surface area contributed by atoms with E-state index in [1.54, 1.807) is 0 Å². The zero-order chi connectivity index (χ0) is 20.8. The van der Waals surface area contributed by atoms with Crippen molar-refractivity contribution in [3.05, 3.63) is 103 Å². The van der Waals surface area contributed by atoms with Gasteiger partial charge in [-0.25, -0.2) is 0 Å². The first-order chi connectivity index (χ1) is 11.8. The van der Waals surface area contributed by atoms with Crippen molar-refractivity contribution in [2.24, 2.45) is 0 Å². The van der Waals surface area contributed by atoms with E-state index in [9.17, 15) is 0 Å². The molecule has 0 aliphatic heterocycles. The third-order valence-electron chi connectivity index (χ3n) is 1.66. The average molecular weight is 518 g/mol. The summed E-state index contributed by atoms with van der Waals surface area (Å²) >= 11 is 0. The molecule has 0 saturated heterocycles. The van der Waals surface area contributed by atoms with Crippen LogP contribution in [0.15, 0.2) is 0 Å². The molecule has 0 unspecified atom stereocenters. The van der Waals surface area contributed by atoms with Crippen LogP contribution in [0.2, 0.25) is 0 Å². The first-order valence-corrected chi connectivity index (χ1v) is 5.38. The second-order valence-corrected chi connectivity index (χ2v) is 2.92. The van der Waals surface area contributed by atoms with Crippen molar-refractivity contribution in [2.45, 2.75) is 13.8 Å². The summed E-state index contributed by atoms with van der Waals surface area (Å²) in [7, 11) is 0. The zero-order valence-corrected chi connectivity index (χ0v) is 17.9. The van der Waals surface area contributed by atoms with Crippen LogP contribution in [-0.4, -0.2) is 0 Å². The minimum Gasteiger partial charge on any atom is 0 e. The van der Waals surface area contributed by atoms with Crippen LogP contribution in [-0.2, 0) is 70.0 Å². The van der Waals surface area contributed by atoms with Crippen molar-refractivity contribution in [1.82, 2.24) is 0 Å². The summed E-state index contributed by atoms with van der Waals surface area (Å²) in [5, 5.41) is 0. The summed E-state index contributed by atoms with van der Waals surface area (Å²) < 4.78 is 45.0. The van der Waals surface area contributed by atoms with Gasteiger partial charge in [0.25, 0.3) is 0 Å². The Morgan fingerprint density at radius 1 is 0.423 bits per heavy atom. The van der Waals surface area contributed by atoms with Crippen LogP contribution in [0.25, 0.3) is 0 Å². The van der Waals surface area contributed by atoms with Crippen molar-refractivity contribution in [1.29, 1.82) is 0 Å². The second kappa shape index (κ2) is 73.7. The van der Waals surface area contributed by atoms with Crippen molar-refractivity contribution in [2.75, 3.05) is 0 Å². The van der Waals surface area contributed by atoms with Crippen LogP contribution in [0, 0.1) is 103 Å². The average Bonchev–Trinajstić information content (AvgIpc) is 3.39. The summed E-state index contributed by atoms with van der Waals surface area (Å²) in [4.78, 5) is 0. The van der Waals surface area contributed by atoms with E-state index in [0.29, 0.717) is 0 Å². The molecule has 0 N–H and O–H groups in total. The number of rotatable bonds is 0. The van der Waals surface area contributed by atoms with Gasteiger partial charge in [0, 0.05) is 42.1 Å². The molecule has 2 aliphatic carbocycles. The van der Waals surface area contributed by atoms with Crippen LogP contribution in [0.5, 0.6) is 0 Å². The molecule has 0 atom stereocenters. The molecule has 2 fully saturated rings. The monoisotopic (exact) mass is 522 g/mol. The molecule has 0 bridgehead atoms. The molecule has 0 spiro atoms. The van der Waals surface area contributed by atoms with Gasteiger partial charge >= 0.3 is 67.8 Å². The van der Waals surface area contributed by atoms with Gasteiger partial charge in [-0.3, -0.25) is 0 Å². The van der Waals surface area contributed by atoms with Gasteiger partial charge in [0.15, 0.2) is 0 Å². The van der Waals surface area contributed by atoms with Crippen molar-refractivity contribution >= 4 is 0 Å². The Kier molecular flexibility index (Phi) is 142. The molecule has 2 saturated carbocycles. The van der Waals surface area contributed by atoms with Crippen LogP contribution in [0.4, 0.5) is 0 Å². The van der Waals surface area contributed by atoms with Crippen LogP contribution >= 0.6 is 0 Å². The fourth-order valence-corrected chi connectivity index (χ4v) is 0.940. The van der Waals surface area contributed by atoms with E-state index in [1.165, 1.54) is 11.8 Å². The van der Waals surface area contributed by atoms with Crippen LogP contribution in [0.1, 0.15) is 13.8 Å². The van der Waals surface area contributed by atoms with Crippen LogP contribution in [0.3, 0.4) is 0 Å². The summed E-state index contributed by atoms with van der Waals surface area (Å²) in [5.74, 6) is 2.69. The van der Waals surface area contributed by atoms with Gasteiger partial charge in [-0.15, -0.1) is 0 Å². The van der Waals surface area contributed by atoms with E-state index >= 15 is 0 Å². The van der Waals surface area contributed by atoms with Gasteiger partial charge in [-0.2, -0.15) is 0 Å².